The first-order chi connectivity index (χ1) is 10.6. The van der Waals surface area contributed by atoms with Gasteiger partial charge in [0.1, 0.15) is 5.82 Å². The molecule has 2 N–H and O–H groups in total. The minimum Gasteiger partial charge on any atom is -0.434 e. The van der Waals surface area contributed by atoms with Crippen LogP contribution in [0.1, 0.15) is 0 Å². The lowest BCUT2D eigenvalue weighted by atomic mass is 10.1. The van der Waals surface area contributed by atoms with Crippen molar-refractivity contribution in [2.75, 3.05) is 11.4 Å². The molecule has 0 aliphatic carbocycles. The summed E-state index contributed by atoms with van der Waals surface area (Å²) in [7, 11) is 0. The van der Waals surface area contributed by atoms with Crippen LogP contribution in [0.2, 0.25) is 0 Å². The average molecular weight is 301 g/mol. The van der Waals surface area contributed by atoms with Gasteiger partial charge in [-0.1, -0.05) is 0 Å². The number of halogens is 1. The second kappa shape index (κ2) is 5.44. The van der Waals surface area contributed by atoms with E-state index in [4.69, 9.17) is 10.5 Å². The molecule has 2 amide bonds. The zero-order valence-corrected chi connectivity index (χ0v) is 11.4. The molecule has 0 bridgehead atoms. The summed E-state index contributed by atoms with van der Waals surface area (Å²) in [6.07, 6.45) is 1.39. The SMILES string of the molecule is NC(=O)[C@H]1CN(c2ccc(-c3ccncc3)c(F)c2)C(=O)O1. The first-order valence-electron chi connectivity index (χ1n) is 6.53. The number of hydrogen-bond donors (Lipinski definition) is 1. The van der Waals surface area contributed by atoms with Crippen LogP contribution in [0.15, 0.2) is 42.7 Å². The van der Waals surface area contributed by atoms with Crippen molar-refractivity contribution in [2.45, 2.75) is 6.10 Å². The zero-order chi connectivity index (χ0) is 15.7. The third-order valence-corrected chi connectivity index (χ3v) is 3.38. The molecule has 0 saturated carbocycles. The predicted octanol–water partition coefficient (Wildman–Crippen LogP) is 1.70. The van der Waals surface area contributed by atoms with Gasteiger partial charge >= 0.3 is 6.09 Å². The average Bonchev–Trinajstić information content (AvgIpc) is 2.90. The summed E-state index contributed by atoms with van der Waals surface area (Å²) in [6.45, 7) is -0.0256. The van der Waals surface area contributed by atoms with E-state index in [0.717, 1.165) is 0 Å². The van der Waals surface area contributed by atoms with Gasteiger partial charge in [0, 0.05) is 18.0 Å². The molecule has 112 valence electrons. The molecule has 0 unspecified atom stereocenters. The number of primary amides is 1. The monoisotopic (exact) mass is 301 g/mol. The van der Waals surface area contributed by atoms with Gasteiger partial charge in [-0.2, -0.15) is 0 Å². The Labute approximate surface area is 125 Å². The number of cyclic esters (lactones) is 1. The highest BCUT2D eigenvalue weighted by Gasteiger charge is 2.36. The van der Waals surface area contributed by atoms with E-state index >= 15 is 0 Å². The van der Waals surface area contributed by atoms with Gasteiger partial charge in [-0.05, 0) is 35.9 Å². The Morgan fingerprint density at radius 1 is 1.32 bits per heavy atom. The van der Waals surface area contributed by atoms with E-state index in [1.165, 1.54) is 11.0 Å². The molecule has 0 radical (unpaired) electrons. The standard InChI is InChI=1S/C15H12FN3O3/c16-12-7-10(19-8-13(14(17)20)22-15(19)21)1-2-11(12)9-3-5-18-6-4-9/h1-7,13H,8H2,(H2,17,20)/t13-/m1/s1. The number of carbonyl (C=O) groups excluding carboxylic acids is 2. The van der Waals surface area contributed by atoms with Gasteiger partial charge in [-0.15, -0.1) is 0 Å². The number of ether oxygens (including phenoxy) is 1. The molecule has 1 aromatic carbocycles. The third-order valence-electron chi connectivity index (χ3n) is 3.38. The van der Waals surface area contributed by atoms with Gasteiger partial charge in [0.15, 0.2) is 6.10 Å². The quantitative estimate of drug-likeness (QED) is 0.935. The molecule has 0 spiro atoms. The second-order valence-corrected chi connectivity index (χ2v) is 4.79. The van der Waals surface area contributed by atoms with Crippen molar-refractivity contribution in [3.8, 4) is 11.1 Å². The van der Waals surface area contributed by atoms with E-state index < -0.39 is 23.9 Å². The maximum atomic E-state index is 14.3. The highest BCUT2D eigenvalue weighted by atomic mass is 19.1. The third kappa shape index (κ3) is 2.48. The molecule has 2 heterocycles. The topological polar surface area (TPSA) is 85.5 Å². The summed E-state index contributed by atoms with van der Waals surface area (Å²) >= 11 is 0. The Hall–Kier alpha value is -2.96. The number of nitrogens with two attached hydrogens (primary N) is 1. The fourth-order valence-corrected chi connectivity index (χ4v) is 2.26. The van der Waals surface area contributed by atoms with Crippen LogP contribution in [0.3, 0.4) is 0 Å². The Morgan fingerprint density at radius 3 is 2.64 bits per heavy atom. The van der Waals surface area contributed by atoms with Crippen molar-refractivity contribution in [3.63, 3.8) is 0 Å². The van der Waals surface area contributed by atoms with Crippen LogP contribution in [0, 0.1) is 5.82 Å². The van der Waals surface area contributed by atoms with E-state index in [2.05, 4.69) is 4.98 Å². The molecular weight excluding hydrogens is 289 g/mol. The van der Waals surface area contributed by atoms with Crippen LogP contribution in [-0.4, -0.2) is 29.6 Å². The molecule has 1 aromatic heterocycles. The maximum Gasteiger partial charge on any atom is 0.415 e. The van der Waals surface area contributed by atoms with Crippen LogP contribution >= 0.6 is 0 Å². The number of carbonyl (C=O) groups is 2. The van der Waals surface area contributed by atoms with Crippen molar-refractivity contribution < 1.29 is 18.7 Å². The van der Waals surface area contributed by atoms with E-state index in [9.17, 15) is 14.0 Å². The lowest BCUT2D eigenvalue weighted by Crippen LogP contribution is -2.32. The van der Waals surface area contributed by atoms with Gasteiger partial charge in [-0.3, -0.25) is 14.7 Å². The summed E-state index contributed by atoms with van der Waals surface area (Å²) in [5.41, 5.74) is 6.49. The van der Waals surface area contributed by atoms with Crippen molar-refractivity contribution in [1.82, 2.24) is 4.98 Å². The molecule has 7 heteroatoms. The smallest absolute Gasteiger partial charge is 0.415 e. The number of benzene rings is 1. The zero-order valence-electron chi connectivity index (χ0n) is 11.4. The number of rotatable bonds is 3. The van der Waals surface area contributed by atoms with Crippen LogP contribution in [0.5, 0.6) is 0 Å². The predicted molar refractivity (Wildman–Crippen MR) is 76.4 cm³/mol. The Bertz CT molecular complexity index is 736. The molecule has 22 heavy (non-hydrogen) atoms. The molecule has 1 fully saturated rings. The van der Waals surface area contributed by atoms with Gasteiger partial charge in [0.05, 0.1) is 12.2 Å². The minimum absolute atomic E-state index is 0.0256. The molecule has 1 aliphatic heterocycles. The largest absolute Gasteiger partial charge is 0.434 e. The lowest BCUT2D eigenvalue weighted by molar-refractivity contribution is -0.124. The van der Waals surface area contributed by atoms with Crippen LogP contribution in [0.4, 0.5) is 14.9 Å². The van der Waals surface area contributed by atoms with E-state index in [1.54, 1.807) is 36.7 Å². The fourth-order valence-electron chi connectivity index (χ4n) is 2.26. The number of nitrogens with zero attached hydrogens (tertiary/aromatic N) is 2. The number of anilines is 1. The first kappa shape index (κ1) is 14.0. The first-order valence-corrected chi connectivity index (χ1v) is 6.53. The second-order valence-electron chi connectivity index (χ2n) is 4.79. The normalized spacial score (nSPS) is 17.4. The summed E-state index contributed by atoms with van der Waals surface area (Å²) in [6, 6.07) is 7.74. The van der Waals surface area contributed by atoms with E-state index in [-0.39, 0.29) is 6.54 Å². The van der Waals surface area contributed by atoms with Gasteiger partial charge in [-0.25, -0.2) is 9.18 Å². The molecule has 1 saturated heterocycles. The fraction of sp³-hybridized carbons (Fsp3) is 0.133. The van der Waals surface area contributed by atoms with Crippen LogP contribution in [0.25, 0.3) is 11.1 Å². The van der Waals surface area contributed by atoms with Gasteiger partial charge in [0.25, 0.3) is 5.91 Å². The summed E-state index contributed by atoms with van der Waals surface area (Å²) in [5.74, 6) is -1.22. The summed E-state index contributed by atoms with van der Waals surface area (Å²) in [5, 5.41) is 0. The van der Waals surface area contributed by atoms with Crippen molar-refractivity contribution in [2.24, 2.45) is 5.73 Å². The lowest BCUT2D eigenvalue weighted by Gasteiger charge is -2.14. The highest BCUT2D eigenvalue weighted by Crippen LogP contribution is 2.28. The van der Waals surface area contributed by atoms with Crippen molar-refractivity contribution in [1.29, 1.82) is 0 Å². The summed E-state index contributed by atoms with van der Waals surface area (Å²) in [4.78, 5) is 27.8. The van der Waals surface area contributed by atoms with Gasteiger partial charge in [0.2, 0.25) is 0 Å². The van der Waals surface area contributed by atoms with Crippen LogP contribution in [-0.2, 0) is 9.53 Å². The van der Waals surface area contributed by atoms with Crippen molar-refractivity contribution >= 4 is 17.7 Å². The van der Waals surface area contributed by atoms with E-state index in [1.807, 2.05) is 0 Å². The molecule has 6 nitrogen and oxygen atoms in total. The molecule has 3 rings (SSSR count). The molecular formula is C15H12FN3O3. The van der Waals surface area contributed by atoms with Crippen LogP contribution < -0.4 is 10.6 Å². The van der Waals surface area contributed by atoms with Gasteiger partial charge < -0.3 is 10.5 Å². The minimum atomic E-state index is -1.02. The van der Waals surface area contributed by atoms with Crippen molar-refractivity contribution in [3.05, 3.63) is 48.5 Å². The molecule has 1 aliphatic rings. The Morgan fingerprint density at radius 2 is 2.05 bits per heavy atom. The molecule has 1 atom stereocenters. The van der Waals surface area contributed by atoms with E-state index in [0.29, 0.717) is 16.8 Å². The number of hydrogen-bond acceptors (Lipinski definition) is 4. The summed E-state index contributed by atoms with van der Waals surface area (Å²) < 4.78 is 19.1. The number of pyridine rings is 1. The Balaban J connectivity index is 1.90. The number of aromatic nitrogens is 1. The highest BCUT2D eigenvalue weighted by molar-refractivity contribution is 5.95. The number of amides is 2. The Kier molecular flexibility index (Phi) is 3.46. The maximum absolute atomic E-state index is 14.3. The molecule has 2 aromatic rings.